The van der Waals surface area contributed by atoms with Gasteiger partial charge in [0.1, 0.15) is 13.2 Å². The van der Waals surface area contributed by atoms with E-state index in [4.69, 9.17) is 4.74 Å². The van der Waals surface area contributed by atoms with Gasteiger partial charge in [0.2, 0.25) is 0 Å². The lowest BCUT2D eigenvalue weighted by molar-refractivity contribution is -0.914. The second-order valence-electron chi connectivity index (χ2n) is 3.60. The van der Waals surface area contributed by atoms with Crippen LogP contribution in [0.3, 0.4) is 0 Å². The molecule has 0 radical (unpaired) electrons. The molecule has 3 heteroatoms. The second-order valence-corrected chi connectivity index (χ2v) is 3.60. The first-order chi connectivity index (χ1) is 5.31. The molecule has 2 fully saturated rings. The molecule has 3 nitrogen and oxygen atoms in total. The summed E-state index contributed by atoms with van der Waals surface area (Å²) in [5, 5.41) is 0. The maximum absolute atomic E-state index is 11.0. The van der Waals surface area contributed by atoms with E-state index in [-0.39, 0.29) is 5.97 Å². The molecule has 0 amide bonds. The van der Waals surface area contributed by atoms with E-state index < -0.39 is 0 Å². The molecule has 11 heavy (non-hydrogen) atoms. The summed E-state index contributed by atoms with van der Waals surface area (Å²) in [5.41, 5.74) is 0. The Kier molecular flexibility index (Phi) is 1.60. The highest BCUT2D eigenvalue weighted by Gasteiger charge is 2.37. The number of hydrogen-bond acceptors (Lipinski definition) is 2. The molecule has 62 valence electrons. The molecule has 0 aromatic carbocycles. The number of esters is 1. The first-order valence-electron chi connectivity index (χ1n) is 4.32. The molecule has 2 saturated heterocycles. The van der Waals surface area contributed by atoms with Crippen molar-refractivity contribution >= 4 is 5.97 Å². The van der Waals surface area contributed by atoms with Crippen LogP contribution in [0.5, 0.6) is 0 Å². The number of cyclic esters (lactones) is 1. The third-order valence-corrected chi connectivity index (χ3v) is 2.81. The van der Waals surface area contributed by atoms with Gasteiger partial charge in [-0.3, -0.25) is 0 Å². The van der Waals surface area contributed by atoms with Crippen molar-refractivity contribution in [3.8, 4) is 0 Å². The van der Waals surface area contributed by atoms with E-state index in [0.717, 1.165) is 11.0 Å². The van der Waals surface area contributed by atoms with Crippen molar-refractivity contribution in [1.29, 1.82) is 0 Å². The summed E-state index contributed by atoms with van der Waals surface area (Å²) in [6.45, 7) is 4.69. The molecule has 2 rings (SSSR count). The van der Waals surface area contributed by atoms with Crippen molar-refractivity contribution in [2.45, 2.75) is 12.8 Å². The Labute approximate surface area is 66.5 Å². The van der Waals surface area contributed by atoms with Crippen LogP contribution >= 0.6 is 0 Å². The number of rotatable bonds is 0. The second kappa shape index (κ2) is 2.48. The average Bonchev–Trinajstić information content (AvgIpc) is 2.37. The monoisotopic (exact) mass is 156 g/mol. The third kappa shape index (κ3) is 1.25. The molecular weight excluding hydrogens is 142 g/mol. The molecule has 2 aliphatic heterocycles. The summed E-state index contributed by atoms with van der Waals surface area (Å²) in [4.78, 5) is 11.0. The van der Waals surface area contributed by atoms with Gasteiger partial charge in [0.15, 0.2) is 6.54 Å². The highest BCUT2D eigenvalue weighted by atomic mass is 16.5. The number of quaternary nitrogens is 1. The van der Waals surface area contributed by atoms with Gasteiger partial charge in [-0.15, -0.1) is 0 Å². The standard InChI is InChI=1S/C8H14NO2/c10-8-7-9(5-6-11-8)3-1-2-4-9/h1-7H2/q+1. The maximum atomic E-state index is 11.0. The van der Waals surface area contributed by atoms with Gasteiger partial charge in [-0.1, -0.05) is 0 Å². The van der Waals surface area contributed by atoms with Crippen LogP contribution in [-0.4, -0.2) is 43.2 Å². The number of ether oxygens (including phenoxy) is 1. The van der Waals surface area contributed by atoms with Gasteiger partial charge in [0.25, 0.3) is 0 Å². The van der Waals surface area contributed by atoms with Crippen LogP contribution in [0.1, 0.15) is 12.8 Å². The first-order valence-corrected chi connectivity index (χ1v) is 4.32. The van der Waals surface area contributed by atoms with Gasteiger partial charge in [-0.2, -0.15) is 0 Å². The highest BCUT2D eigenvalue weighted by Crippen LogP contribution is 2.21. The smallest absolute Gasteiger partial charge is 0.362 e. The molecular formula is C8H14NO2+. The van der Waals surface area contributed by atoms with Crippen molar-refractivity contribution < 1.29 is 14.0 Å². The Bertz CT molecular complexity index is 173. The van der Waals surface area contributed by atoms with Gasteiger partial charge in [0, 0.05) is 12.8 Å². The van der Waals surface area contributed by atoms with Crippen LogP contribution < -0.4 is 0 Å². The van der Waals surface area contributed by atoms with Crippen LogP contribution in [0, 0.1) is 0 Å². The number of hydrogen-bond donors (Lipinski definition) is 0. The lowest BCUT2D eigenvalue weighted by Crippen LogP contribution is -2.54. The number of morpholine rings is 1. The topological polar surface area (TPSA) is 26.3 Å². The van der Waals surface area contributed by atoms with E-state index in [1.165, 1.54) is 25.9 Å². The zero-order valence-electron chi connectivity index (χ0n) is 6.71. The predicted molar refractivity (Wildman–Crippen MR) is 39.9 cm³/mol. The zero-order chi connectivity index (χ0) is 7.73. The fourth-order valence-corrected chi connectivity index (χ4v) is 2.14. The van der Waals surface area contributed by atoms with Crippen molar-refractivity contribution in [3.63, 3.8) is 0 Å². The Morgan fingerprint density at radius 1 is 1.18 bits per heavy atom. The first kappa shape index (κ1) is 7.10. The fourth-order valence-electron chi connectivity index (χ4n) is 2.14. The Balaban J connectivity index is 2.05. The van der Waals surface area contributed by atoms with Crippen LogP contribution in [0.15, 0.2) is 0 Å². The molecule has 0 saturated carbocycles. The minimum atomic E-state index is -0.00171. The Morgan fingerprint density at radius 2 is 1.91 bits per heavy atom. The van der Waals surface area contributed by atoms with Gasteiger partial charge >= 0.3 is 5.97 Å². The SMILES string of the molecule is O=C1C[N+]2(CCCC2)CCO1. The van der Waals surface area contributed by atoms with E-state index in [2.05, 4.69) is 0 Å². The molecule has 0 aliphatic carbocycles. The van der Waals surface area contributed by atoms with Crippen molar-refractivity contribution in [2.75, 3.05) is 32.8 Å². The van der Waals surface area contributed by atoms with Crippen LogP contribution in [0.2, 0.25) is 0 Å². The summed E-state index contributed by atoms with van der Waals surface area (Å²) in [6, 6.07) is 0. The van der Waals surface area contributed by atoms with Crippen LogP contribution in [0.25, 0.3) is 0 Å². The van der Waals surface area contributed by atoms with E-state index >= 15 is 0 Å². The van der Waals surface area contributed by atoms with Crippen LogP contribution in [0.4, 0.5) is 0 Å². The number of nitrogens with zero attached hydrogens (tertiary/aromatic N) is 1. The molecule has 0 bridgehead atoms. The lowest BCUT2D eigenvalue weighted by atomic mass is 10.3. The van der Waals surface area contributed by atoms with E-state index in [1.807, 2.05) is 0 Å². The minimum Gasteiger partial charge on any atom is -0.456 e. The zero-order valence-corrected chi connectivity index (χ0v) is 6.71. The summed E-state index contributed by atoms with van der Waals surface area (Å²) >= 11 is 0. The lowest BCUT2D eigenvalue weighted by Gasteiger charge is -2.35. The highest BCUT2D eigenvalue weighted by molar-refractivity contribution is 5.71. The molecule has 0 aromatic heterocycles. The third-order valence-electron chi connectivity index (χ3n) is 2.81. The summed E-state index contributed by atoms with van der Waals surface area (Å²) in [5.74, 6) is -0.00171. The van der Waals surface area contributed by atoms with Crippen molar-refractivity contribution in [2.24, 2.45) is 0 Å². The van der Waals surface area contributed by atoms with Gasteiger partial charge in [0.05, 0.1) is 13.1 Å². The summed E-state index contributed by atoms with van der Waals surface area (Å²) in [6.07, 6.45) is 2.57. The predicted octanol–water partition coefficient (Wildman–Crippen LogP) is 0.154. The quantitative estimate of drug-likeness (QED) is 0.369. The van der Waals surface area contributed by atoms with Gasteiger partial charge in [-0.25, -0.2) is 4.79 Å². The number of carbonyl (C=O) groups excluding carboxylic acids is 1. The molecule has 0 N–H and O–H groups in total. The fraction of sp³-hybridized carbons (Fsp3) is 0.875. The van der Waals surface area contributed by atoms with Crippen molar-refractivity contribution in [1.82, 2.24) is 0 Å². The Morgan fingerprint density at radius 3 is 2.55 bits per heavy atom. The molecule has 1 spiro atoms. The molecule has 0 unspecified atom stereocenters. The van der Waals surface area contributed by atoms with Gasteiger partial charge in [-0.05, 0) is 0 Å². The molecule has 2 aliphatic rings. The maximum Gasteiger partial charge on any atom is 0.362 e. The number of carbonyl (C=O) groups is 1. The van der Waals surface area contributed by atoms with E-state index in [0.29, 0.717) is 13.2 Å². The summed E-state index contributed by atoms with van der Waals surface area (Å²) in [7, 11) is 0. The molecule has 2 heterocycles. The summed E-state index contributed by atoms with van der Waals surface area (Å²) < 4.78 is 5.92. The molecule has 0 aromatic rings. The van der Waals surface area contributed by atoms with E-state index in [9.17, 15) is 4.79 Å². The van der Waals surface area contributed by atoms with Gasteiger partial charge < -0.3 is 9.22 Å². The largest absolute Gasteiger partial charge is 0.456 e. The Hall–Kier alpha value is -0.570. The van der Waals surface area contributed by atoms with E-state index in [1.54, 1.807) is 0 Å². The van der Waals surface area contributed by atoms with Crippen LogP contribution in [-0.2, 0) is 9.53 Å². The van der Waals surface area contributed by atoms with Crippen molar-refractivity contribution in [3.05, 3.63) is 0 Å². The molecule has 0 atom stereocenters. The normalized spacial score (nSPS) is 28.9. The average molecular weight is 156 g/mol. The minimum absolute atomic E-state index is 0.00171.